The highest BCUT2D eigenvalue weighted by Crippen LogP contribution is 2.48. The van der Waals surface area contributed by atoms with Gasteiger partial charge in [-0.05, 0) is 42.4 Å². The first-order valence-electron chi connectivity index (χ1n) is 9.32. The number of amides is 1. The molecule has 2 N–H and O–H groups in total. The van der Waals surface area contributed by atoms with Crippen molar-refractivity contribution in [3.8, 4) is 0 Å². The largest absolute Gasteiger partial charge is 0.481 e. The van der Waals surface area contributed by atoms with E-state index in [4.69, 9.17) is 0 Å². The number of aliphatic carboxylic acids is 1. The summed E-state index contributed by atoms with van der Waals surface area (Å²) in [6, 6.07) is 5.99. The molecule has 3 atom stereocenters. The van der Waals surface area contributed by atoms with E-state index >= 15 is 0 Å². The van der Waals surface area contributed by atoms with E-state index in [0.29, 0.717) is 19.5 Å². The summed E-state index contributed by atoms with van der Waals surface area (Å²) in [5.74, 6) is -0.841. The van der Waals surface area contributed by atoms with Crippen LogP contribution < -0.4 is 5.32 Å². The number of benzene rings is 1. The number of carbonyl (C=O) groups excluding carboxylic acids is 1. The normalized spacial score (nSPS) is 26.7. The number of hydrogen-bond acceptors (Lipinski definition) is 3. The van der Waals surface area contributed by atoms with Gasteiger partial charge in [0.05, 0.1) is 18.0 Å². The van der Waals surface area contributed by atoms with E-state index in [1.165, 1.54) is 12.1 Å². The van der Waals surface area contributed by atoms with Gasteiger partial charge in [0.25, 0.3) is 0 Å². The van der Waals surface area contributed by atoms with Gasteiger partial charge < -0.3 is 10.4 Å². The van der Waals surface area contributed by atoms with Crippen molar-refractivity contribution in [2.45, 2.75) is 39.2 Å². The monoisotopic (exact) mass is 362 g/mol. The van der Waals surface area contributed by atoms with Gasteiger partial charge in [-0.15, -0.1) is 0 Å². The number of nitrogens with zero attached hydrogens (tertiary/aromatic N) is 1. The van der Waals surface area contributed by atoms with Crippen LogP contribution in [0.4, 0.5) is 4.39 Å². The number of halogens is 1. The summed E-state index contributed by atoms with van der Waals surface area (Å²) in [6.45, 7) is 5.34. The Morgan fingerprint density at radius 3 is 2.62 bits per heavy atom. The minimum absolute atomic E-state index is 0.117. The number of likely N-dealkylation sites (tertiary alicyclic amines) is 1. The summed E-state index contributed by atoms with van der Waals surface area (Å²) < 4.78 is 13.2. The summed E-state index contributed by atoms with van der Waals surface area (Å²) in [6.07, 6.45) is 2.58. The van der Waals surface area contributed by atoms with E-state index in [0.717, 1.165) is 18.4 Å². The van der Waals surface area contributed by atoms with Crippen LogP contribution in [0, 0.1) is 23.1 Å². The van der Waals surface area contributed by atoms with Gasteiger partial charge in [0.1, 0.15) is 5.82 Å². The molecule has 26 heavy (non-hydrogen) atoms. The van der Waals surface area contributed by atoms with Crippen LogP contribution in [0.2, 0.25) is 0 Å². The van der Waals surface area contributed by atoms with Gasteiger partial charge in [-0.3, -0.25) is 14.5 Å². The second kappa shape index (κ2) is 7.35. The fourth-order valence-electron chi connectivity index (χ4n) is 4.59. The van der Waals surface area contributed by atoms with Crippen molar-refractivity contribution in [2.24, 2.45) is 17.3 Å². The van der Waals surface area contributed by atoms with Crippen molar-refractivity contribution < 1.29 is 19.1 Å². The average Bonchev–Trinajstić information content (AvgIpc) is 3.11. The van der Waals surface area contributed by atoms with Crippen molar-refractivity contribution >= 4 is 11.9 Å². The minimum Gasteiger partial charge on any atom is -0.481 e. The standard InChI is InChI=1S/C20H27FN2O3/c1-13(2)18(14-5-7-16(21)8-6-14)22-17(24)11-23-10-15-4-3-9-20(15,12-23)19(25)26/h5-8,13,15,18H,3-4,9-12H2,1-2H3,(H,22,24)(H,25,26)/t15-,18?,20+/m0/s1. The zero-order chi connectivity index (χ0) is 18.9. The Bertz CT molecular complexity index is 676. The van der Waals surface area contributed by atoms with E-state index in [1.54, 1.807) is 12.1 Å². The first-order chi connectivity index (χ1) is 12.3. The second-order valence-electron chi connectivity index (χ2n) is 8.06. The molecule has 0 spiro atoms. The Balaban J connectivity index is 1.63. The Morgan fingerprint density at radius 2 is 2.04 bits per heavy atom. The Morgan fingerprint density at radius 1 is 1.35 bits per heavy atom. The molecule has 1 aliphatic carbocycles. The fourth-order valence-corrected chi connectivity index (χ4v) is 4.59. The molecule has 5 nitrogen and oxygen atoms in total. The van der Waals surface area contributed by atoms with Gasteiger partial charge >= 0.3 is 5.97 Å². The van der Waals surface area contributed by atoms with E-state index in [9.17, 15) is 19.1 Å². The minimum atomic E-state index is -0.728. The van der Waals surface area contributed by atoms with Gasteiger partial charge in [-0.1, -0.05) is 32.4 Å². The SMILES string of the molecule is CC(C)C(NC(=O)CN1C[C@@H]2CCC[C@@]2(C(=O)O)C1)c1ccc(F)cc1. The molecule has 1 unspecified atom stereocenters. The number of carboxylic acid groups (broad SMARTS) is 1. The summed E-state index contributed by atoms with van der Waals surface area (Å²) in [5.41, 5.74) is 0.198. The highest BCUT2D eigenvalue weighted by atomic mass is 19.1. The van der Waals surface area contributed by atoms with Crippen molar-refractivity contribution in [3.63, 3.8) is 0 Å². The number of carbonyl (C=O) groups is 2. The van der Waals surface area contributed by atoms with Crippen LogP contribution in [0.1, 0.15) is 44.7 Å². The van der Waals surface area contributed by atoms with Crippen LogP contribution in [0.3, 0.4) is 0 Å². The molecule has 0 aromatic heterocycles. The summed E-state index contributed by atoms with van der Waals surface area (Å²) in [4.78, 5) is 26.3. The number of nitrogens with one attached hydrogen (secondary N) is 1. The molecule has 142 valence electrons. The second-order valence-corrected chi connectivity index (χ2v) is 8.06. The van der Waals surface area contributed by atoms with E-state index in [1.807, 2.05) is 18.7 Å². The summed E-state index contributed by atoms with van der Waals surface area (Å²) >= 11 is 0. The lowest BCUT2D eigenvalue weighted by molar-refractivity contribution is -0.149. The Labute approximate surface area is 153 Å². The lowest BCUT2D eigenvalue weighted by Crippen LogP contribution is -2.41. The molecule has 2 aliphatic rings. The number of rotatable bonds is 6. The van der Waals surface area contributed by atoms with Crippen molar-refractivity contribution in [3.05, 3.63) is 35.6 Å². The molecule has 1 amide bonds. The molecule has 6 heteroatoms. The predicted molar refractivity (Wildman–Crippen MR) is 96.0 cm³/mol. The summed E-state index contributed by atoms with van der Waals surface area (Å²) in [5, 5.41) is 12.7. The van der Waals surface area contributed by atoms with Gasteiger partial charge in [0.15, 0.2) is 0 Å². The number of carboxylic acids is 1. The van der Waals surface area contributed by atoms with Gasteiger partial charge in [-0.2, -0.15) is 0 Å². The predicted octanol–water partition coefficient (Wildman–Crippen LogP) is 2.83. The van der Waals surface area contributed by atoms with Crippen LogP contribution in [-0.4, -0.2) is 41.5 Å². The van der Waals surface area contributed by atoms with Gasteiger partial charge in [-0.25, -0.2) is 4.39 Å². The molecule has 1 saturated heterocycles. The summed E-state index contributed by atoms with van der Waals surface area (Å²) in [7, 11) is 0. The maximum atomic E-state index is 13.2. The van der Waals surface area contributed by atoms with Crippen molar-refractivity contribution in [1.82, 2.24) is 10.2 Å². The molecular weight excluding hydrogens is 335 g/mol. The molecule has 1 aliphatic heterocycles. The molecule has 3 rings (SSSR count). The topological polar surface area (TPSA) is 69.6 Å². The molecule has 1 aromatic rings. The van der Waals surface area contributed by atoms with Crippen LogP contribution >= 0.6 is 0 Å². The highest BCUT2D eigenvalue weighted by Gasteiger charge is 2.54. The Kier molecular flexibility index (Phi) is 5.32. The molecular formula is C20H27FN2O3. The lowest BCUT2D eigenvalue weighted by atomic mass is 9.81. The van der Waals surface area contributed by atoms with Gasteiger partial charge in [0, 0.05) is 13.1 Å². The van der Waals surface area contributed by atoms with Crippen molar-refractivity contribution in [2.75, 3.05) is 19.6 Å². The highest BCUT2D eigenvalue weighted by molar-refractivity contribution is 5.80. The zero-order valence-corrected chi connectivity index (χ0v) is 15.4. The molecule has 0 bridgehead atoms. The third kappa shape index (κ3) is 3.61. The van der Waals surface area contributed by atoms with E-state index in [-0.39, 0.29) is 36.1 Å². The molecule has 1 saturated carbocycles. The van der Waals surface area contributed by atoms with Crippen LogP contribution in [0.15, 0.2) is 24.3 Å². The zero-order valence-electron chi connectivity index (χ0n) is 15.4. The van der Waals surface area contributed by atoms with E-state index in [2.05, 4.69) is 5.32 Å². The average molecular weight is 362 g/mol. The quantitative estimate of drug-likeness (QED) is 0.816. The first-order valence-corrected chi connectivity index (χ1v) is 9.32. The van der Waals surface area contributed by atoms with Crippen molar-refractivity contribution in [1.29, 1.82) is 0 Å². The lowest BCUT2D eigenvalue weighted by Gasteiger charge is -2.25. The molecule has 1 aromatic carbocycles. The van der Waals surface area contributed by atoms with Gasteiger partial charge in [0.2, 0.25) is 5.91 Å². The first kappa shape index (κ1) is 18.8. The Hall–Kier alpha value is -1.95. The maximum absolute atomic E-state index is 13.2. The van der Waals surface area contributed by atoms with Crippen LogP contribution in [0.25, 0.3) is 0 Å². The van der Waals surface area contributed by atoms with Crippen LogP contribution in [0.5, 0.6) is 0 Å². The number of fused-ring (bicyclic) bond motifs is 1. The van der Waals surface area contributed by atoms with E-state index < -0.39 is 11.4 Å². The number of hydrogen-bond donors (Lipinski definition) is 2. The molecule has 0 radical (unpaired) electrons. The smallest absolute Gasteiger partial charge is 0.311 e. The van der Waals surface area contributed by atoms with Crippen LogP contribution in [-0.2, 0) is 9.59 Å². The third-order valence-corrected chi connectivity index (χ3v) is 5.95. The third-order valence-electron chi connectivity index (χ3n) is 5.95. The maximum Gasteiger partial charge on any atom is 0.311 e. The molecule has 2 fully saturated rings. The fraction of sp³-hybridized carbons (Fsp3) is 0.600. The molecule has 1 heterocycles.